The minimum Gasteiger partial charge on any atom is -0.274 e. The van der Waals surface area contributed by atoms with Crippen LogP contribution in [-0.2, 0) is 15.0 Å². The van der Waals surface area contributed by atoms with Gasteiger partial charge in [-0.05, 0) is 69.2 Å². The summed E-state index contributed by atoms with van der Waals surface area (Å²) in [6.07, 6.45) is 0.775. The maximum atomic E-state index is 14.0. The van der Waals surface area contributed by atoms with E-state index < -0.39 is 5.41 Å². The van der Waals surface area contributed by atoms with Crippen molar-refractivity contribution in [2.75, 3.05) is 4.90 Å². The first-order valence-corrected chi connectivity index (χ1v) is 11.6. The zero-order valence-corrected chi connectivity index (χ0v) is 19.0. The molecule has 154 valence electrons. The highest BCUT2D eigenvalue weighted by molar-refractivity contribution is 9.10. The van der Waals surface area contributed by atoms with Gasteiger partial charge in [-0.3, -0.25) is 9.59 Å². The number of aryl methyl sites for hydroxylation is 1. The molecule has 1 heterocycles. The van der Waals surface area contributed by atoms with E-state index in [1.807, 2.05) is 25.1 Å². The fraction of sp³-hybridized carbons (Fsp3) is 0.259. The molecule has 2 bridgehead atoms. The second-order valence-electron chi connectivity index (χ2n) is 8.95. The summed E-state index contributed by atoms with van der Waals surface area (Å²) in [4.78, 5) is 29.4. The van der Waals surface area contributed by atoms with Crippen molar-refractivity contribution < 1.29 is 9.59 Å². The van der Waals surface area contributed by atoms with Gasteiger partial charge in [0.15, 0.2) is 0 Å². The smallest absolute Gasteiger partial charge is 0.239 e. The van der Waals surface area contributed by atoms with E-state index in [0.29, 0.717) is 5.69 Å². The number of imide groups is 1. The molecule has 4 aliphatic rings. The number of carbonyl (C=O) groups is 2. The number of anilines is 1. The molecule has 2 atom stereocenters. The lowest BCUT2D eigenvalue weighted by Gasteiger charge is -2.54. The Morgan fingerprint density at radius 2 is 1.52 bits per heavy atom. The van der Waals surface area contributed by atoms with E-state index in [4.69, 9.17) is 0 Å². The number of halogens is 1. The van der Waals surface area contributed by atoms with Crippen molar-refractivity contribution in [2.24, 2.45) is 11.8 Å². The van der Waals surface area contributed by atoms with Gasteiger partial charge in [0.25, 0.3) is 0 Å². The minimum absolute atomic E-state index is 0.0737. The Morgan fingerprint density at radius 1 is 0.903 bits per heavy atom. The first-order chi connectivity index (χ1) is 15.0. The Kier molecular flexibility index (Phi) is 3.92. The molecule has 31 heavy (non-hydrogen) atoms. The molecule has 3 aliphatic carbocycles. The number of nitrogens with zero attached hydrogens (tertiary/aromatic N) is 1. The molecule has 0 unspecified atom stereocenters. The van der Waals surface area contributed by atoms with Crippen LogP contribution in [0.2, 0.25) is 0 Å². The summed E-state index contributed by atoms with van der Waals surface area (Å²) < 4.78 is 0.778. The molecule has 0 saturated carbocycles. The lowest BCUT2D eigenvalue weighted by atomic mass is 9.46. The van der Waals surface area contributed by atoms with Crippen LogP contribution >= 0.6 is 15.9 Å². The van der Waals surface area contributed by atoms with Crippen molar-refractivity contribution in [3.63, 3.8) is 0 Å². The van der Waals surface area contributed by atoms with Crippen molar-refractivity contribution in [2.45, 2.75) is 31.6 Å². The van der Waals surface area contributed by atoms with Gasteiger partial charge in [-0.15, -0.1) is 0 Å². The van der Waals surface area contributed by atoms with Crippen molar-refractivity contribution in [1.82, 2.24) is 0 Å². The summed E-state index contributed by atoms with van der Waals surface area (Å²) in [6.45, 7) is 4.15. The standard InChI is InChI=1S/C27H22BrNO2/c1-3-27-18-10-6-4-8-16(18)22(17-9-5-7-11-19(17)27)23-24(27)26(31)29(25(23)30)21-13-12-15(2)14-20(21)28/h4-14,22-24H,3H2,1-2H3/t22?,23-,24-,27?/m1/s1. The topological polar surface area (TPSA) is 37.4 Å². The van der Waals surface area contributed by atoms with Gasteiger partial charge < -0.3 is 0 Å². The normalized spacial score (nSPS) is 27.8. The summed E-state index contributed by atoms with van der Waals surface area (Å²) in [5, 5.41) is 0. The predicted molar refractivity (Wildman–Crippen MR) is 124 cm³/mol. The van der Waals surface area contributed by atoms with E-state index in [1.165, 1.54) is 27.2 Å². The minimum atomic E-state index is -0.481. The molecule has 3 nitrogen and oxygen atoms in total. The quantitative estimate of drug-likeness (QED) is 0.448. The van der Waals surface area contributed by atoms with Crippen molar-refractivity contribution in [3.8, 4) is 0 Å². The Balaban J connectivity index is 1.64. The van der Waals surface area contributed by atoms with Gasteiger partial charge in [-0.2, -0.15) is 0 Å². The second-order valence-corrected chi connectivity index (χ2v) is 9.80. The van der Waals surface area contributed by atoms with Crippen LogP contribution in [0, 0.1) is 18.8 Å². The van der Waals surface area contributed by atoms with Crippen LogP contribution in [-0.4, -0.2) is 11.8 Å². The van der Waals surface area contributed by atoms with Crippen molar-refractivity contribution >= 4 is 33.4 Å². The first kappa shape index (κ1) is 19.0. The van der Waals surface area contributed by atoms with Gasteiger partial charge in [0.05, 0.1) is 17.5 Å². The average Bonchev–Trinajstić information content (AvgIpc) is 3.05. The van der Waals surface area contributed by atoms with E-state index in [-0.39, 0.29) is 29.6 Å². The summed E-state index contributed by atoms with van der Waals surface area (Å²) in [7, 11) is 0. The number of amides is 2. The molecule has 0 spiro atoms. The first-order valence-electron chi connectivity index (χ1n) is 10.8. The number of carbonyl (C=O) groups excluding carboxylic acids is 2. The van der Waals surface area contributed by atoms with Crippen LogP contribution in [0.25, 0.3) is 0 Å². The van der Waals surface area contributed by atoms with Gasteiger partial charge in [0, 0.05) is 15.8 Å². The summed E-state index contributed by atoms with van der Waals surface area (Å²) >= 11 is 3.60. The lowest BCUT2D eigenvalue weighted by molar-refractivity contribution is -0.123. The van der Waals surface area contributed by atoms with Crippen LogP contribution in [0.5, 0.6) is 0 Å². The highest BCUT2D eigenvalue weighted by Gasteiger charge is 2.67. The van der Waals surface area contributed by atoms with Crippen LogP contribution in [0.4, 0.5) is 5.69 Å². The van der Waals surface area contributed by atoms with Crippen LogP contribution in [0.15, 0.2) is 71.2 Å². The van der Waals surface area contributed by atoms with Gasteiger partial charge in [-0.1, -0.05) is 61.5 Å². The Hall–Kier alpha value is -2.72. The number of hydrogen-bond acceptors (Lipinski definition) is 2. The fourth-order valence-corrected chi connectivity index (χ4v) is 7.23. The van der Waals surface area contributed by atoms with Crippen LogP contribution in [0.1, 0.15) is 47.1 Å². The number of benzene rings is 3. The summed E-state index contributed by atoms with van der Waals surface area (Å²) in [6, 6.07) is 22.7. The van der Waals surface area contributed by atoms with E-state index in [0.717, 1.165) is 16.5 Å². The lowest BCUT2D eigenvalue weighted by Crippen LogP contribution is -2.53. The van der Waals surface area contributed by atoms with Crippen LogP contribution in [0.3, 0.4) is 0 Å². The molecule has 1 aliphatic heterocycles. The van der Waals surface area contributed by atoms with Gasteiger partial charge in [0.1, 0.15) is 0 Å². The van der Waals surface area contributed by atoms with E-state index >= 15 is 0 Å². The summed E-state index contributed by atoms with van der Waals surface area (Å²) in [5.74, 6) is -0.989. The fourth-order valence-electron chi connectivity index (χ4n) is 6.56. The molecular formula is C27H22BrNO2. The Labute approximate surface area is 190 Å². The zero-order chi connectivity index (χ0) is 21.5. The highest BCUT2D eigenvalue weighted by atomic mass is 79.9. The molecular weight excluding hydrogens is 450 g/mol. The number of hydrogen-bond donors (Lipinski definition) is 0. The van der Waals surface area contributed by atoms with Gasteiger partial charge >= 0.3 is 0 Å². The molecule has 4 heteroatoms. The predicted octanol–water partition coefficient (Wildman–Crippen LogP) is 5.72. The molecule has 0 aromatic heterocycles. The second kappa shape index (κ2) is 6.39. The largest absolute Gasteiger partial charge is 0.274 e. The van der Waals surface area contributed by atoms with E-state index in [9.17, 15) is 9.59 Å². The van der Waals surface area contributed by atoms with Gasteiger partial charge in [-0.25, -0.2) is 4.90 Å². The van der Waals surface area contributed by atoms with Crippen molar-refractivity contribution in [3.05, 3.63) is 99.0 Å². The summed E-state index contributed by atoms with van der Waals surface area (Å²) in [5.41, 5.74) is 6.09. The molecule has 0 radical (unpaired) electrons. The molecule has 3 aromatic carbocycles. The monoisotopic (exact) mass is 471 g/mol. The molecule has 2 amide bonds. The zero-order valence-electron chi connectivity index (χ0n) is 17.4. The molecule has 0 N–H and O–H groups in total. The third-order valence-corrected chi connectivity index (χ3v) is 8.33. The highest BCUT2D eigenvalue weighted by Crippen LogP contribution is 2.65. The van der Waals surface area contributed by atoms with Gasteiger partial charge in [0.2, 0.25) is 11.8 Å². The maximum Gasteiger partial charge on any atom is 0.239 e. The third-order valence-electron chi connectivity index (χ3n) is 7.70. The molecule has 1 fully saturated rings. The number of rotatable bonds is 2. The average molecular weight is 472 g/mol. The van der Waals surface area contributed by atoms with E-state index in [1.54, 1.807) is 0 Å². The van der Waals surface area contributed by atoms with Crippen LogP contribution < -0.4 is 4.90 Å². The molecule has 3 aromatic rings. The molecule has 1 saturated heterocycles. The third kappa shape index (κ3) is 2.19. The maximum absolute atomic E-state index is 14.0. The SMILES string of the molecule is CCC12c3ccccc3C(c3ccccc31)[C@H]1C(=O)N(c3ccc(C)cc3Br)C(=O)[C@@H]12. The molecule has 7 rings (SSSR count). The Bertz CT molecular complexity index is 1230. The Morgan fingerprint density at radius 3 is 2.10 bits per heavy atom. The van der Waals surface area contributed by atoms with Crippen molar-refractivity contribution in [1.29, 1.82) is 0 Å². The van der Waals surface area contributed by atoms with E-state index in [2.05, 4.69) is 71.4 Å².